The molecule has 0 fully saturated rings. The van der Waals surface area contributed by atoms with Crippen LogP contribution in [-0.2, 0) is 6.42 Å². The van der Waals surface area contributed by atoms with Crippen LogP contribution in [0.15, 0.2) is 30.5 Å². The molecule has 0 amide bonds. The van der Waals surface area contributed by atoms with Crippen LogP contribution in [-0.4, -0.2) is 14.9 Å². The maximum absolute atomic E-state index is 10.4. The summed E-state index contributed by atoms with van der Waals surface area (Å²) in [5.41, 5.74) is 4.31. The minimum absolute atomic E-state index is 0.353. The van der Waals surface area contributed by atoms with Gasteiger partial charge < -0.3 is 5.11 Å². The standard InChI is InChI=1S/C16H22N2O/c1-11(2)18-9-8-14(17-18)10-16(19)15-7-5-6-12(3)13(15)4/h5-9,11,16,19H,10H2,1-4H3. The van der Waals surface area contributed by atoms with Gasteiger partial charge in [-0.25, -0.2) is 0 Å². The second-order valence-electron chi connectivity index (χ2n) is 5.39. The maximum Gasteiger partial charge on any atom is 0.0848 e. The van der Waals surface area contributed by atoms with Crippen LogP contribution in [0.3, 0.4) is 0 Å². The molecule has 0 aliphatic rings. The first-order chi connectivity index (χ1) is 8.99. The molecule has 2 rings (SSSR count). The minimum Gasteiger partial charge on any atom is -0.388 e. The van der Waals surface area contributed by atoms with Gasteiger partial charge in [0.25, 0.3) is 0 Å². The molecule has 0 bridgehead atoms. The molecule has 19 heavy (non-hydrogen) atoms. The van der Waals surface area contributed by atoms with E-state index < -0.39 is 6.10 Å². The molecule has 1 unspecified atom stereocenters. The van der Waals surface area contributed by atoms with Crippen LogP contribution in [0, 0.1) is 13.8 Å². The molecule has 3 nitrogen and oxygen atoms in total. The smallest absolute Gasteiger partial charge is 0.0848 e. The summed E-state index contributed by atoms with van der Waals surface area (Å²) in [6.07, 6.45) is 2.04. The van der Waals surface area contributed by atoms with Gasteiger partial charge in [-0.05, 0) is 50.5 Å². The van der Waals surface area contributed by atoms with Crippen molar-refractivity contribution in [2.45, 2.75) is 46.3 Å². The van der Waals surface area contributed by atoms with Gasteiger partial charge in [-0.1, -0.05) is 18.2 Å². The van der Waals surface area contributed by atoms with Crippen molar-refractivity contribution in [1.82, 2.24) is 9.78 Å². The van der Waals surface area contributed by atoms with Crippen molar-refractivity contribution in [3.63, 3.8) is 0 Å². The van der Waals surface area contributed by atoms with Crippen LogP contribution in [0.25, 0.3) is 0 Å². The number of hydrogen-bond acceptors (Lipinski definition) is 2. The average molecular weight is 258 g/mol. The lowest BCUT2D eigenvalue weighted by Gasteiger charge is -2.14. The van der Waals surface area contributed by atoms with E-state index in [9.17, 15) is 5.11 Å². The Kier molecular flexibility index (Phi) is 4.05. The van der Waals surface area contributed by atoms with Crippen molar-refractivity contribution >= 4 is 0 Å². The van der Waals surface area contributed by atoms with Crippen molar-refractivity contribution < 1.29 is 5.11 Å². The zero-order valence-corrected chi connectivity index (χ0v) is 12.1. The molecule has 0 saturated carbocycles. The zero-order valence-electron chi connectivity index (χ0n) is 12.1. The summed E-state index contributed by atoms with van der Waals surface area (Å²) in [5.74, 6) is 0. The quantitative estimate of drug-likeness (QED) is 0.913. The number of aliphatic hydroxyl groups is 1. The summed E-state index contributed by atoms with van der Waals surface area (Å²) in [6.45, 7) is 8.31. The van der Waals surface area contributed by atoms with Crippen molar-refractivity contribution in [3.05, 3.63) is 52.8 Å². The number of rotatable bonds is 4. The summed E-state index contributed by atoms with van der Waals surface area (Å²) in [4.78, 5) is 0. The Morgan fingerprint density at radius 2 is 1.95 bits per heavy atom. The molecule has 1 heterocycles. The Labute approximate surface area is 114 Å². The number of hydrogen-bond donors (Lipinski definition) is 1. The fourth-order valence-corrected chi connectivity index (χ4v) is 2.22. The summed E-state index contributed by atoms with van der Waals surface area (Å²) in [6, 6.07) is 8.39. The molecular weight excluding hydrogens is 236 g/mol. The lowest BCUT2D eigenvalue weighted by atomic mass is 9.97. The van der Waals surface area contributed by atoms with Crippen LogP contribution in [0.4, 0.5) is 0 Å². The first kappa shape index (κ1) is 13.8. The van der Waals surface area contributed by atoms with Gasteiger partial charge in [0.15, 0.2) is 0 Å². The van der Waals surface area contributed by atoms with Gasteiger partial charge in [-0.3, -0.25) is 4.68 Å². The lowest BCUT2D eigenvalue weighted by Crippen LogP contribution is -2.07. The highest BCUT2D eigenvalue weighted by Gasteiger charge is 2.14. The third-order valence-corrected chi connectivity index (χ3v) is 3.60. The molecule has 1 aromatic carbocycles. The van der Waals surface area contributed by atoms with Gasteiger partial charge >= 0.3 is 0 Å². The minimum atomic E-state index is -0.490. The van der Waals surface area contributed by atoms with Gasteiger partial charge in [-0.2, -0.15) is 5.10 Å². The highest BCUT2D eigenvalue weighted by molar-refractivity contribution is 5.35. The Morgan fingerprint density at radius 1 is 1.21 bits per heavy atom. The highest BCUT2D eigenvalue weighted by atomic mass is 16.3. The van der Waals surface area contributed by atoms with E-state index in [1.807, 2.05) is 29.1 Å². The molecule has 0 saturated heterocycles. The van der Waals surface area contributed by atoms with Crippen LogP contribution in [0.5, 0.6) is 0 Å². The van der Waals surface area contributed by atoms with Crippen molar-refractivity contribution in [2.24, 2.45) is 0 Å². The summed E-state index contributed by atoms with van der Waals surface area (Å²) >= 11 is 0. The lowest BCUT2D eigenvalue weighted by molar-refractivity contribution is 0.176. The van der Waals surface area contributed by atoms with E-state index in [0.29, 0.717) is 12.5 Å². The third-order valence-electron chi connectivity index (χ3n) is 3.60. The third kappa shape index (κ3) is 3.04. The highest BCUT2D eigenvalue weighted by Crippen LogP contribution is 2.23. The fraction of sp³-hybridized carbons (Fsp3) is 0.438. The first-order valence-electron chi connectivity index (χ1n) is 6.77. The number of aromatic nitrogens is 2. The first-order valence-corrected chi connectivity index (χ1v) is 6.77. The van der Waals surface area contributed by atoms with Gasteiger partial charge in [0, 0.05) is 18.7 Å². The Balaban J connectivity index is 2.16. The average Bonchev–Trinajstić information content (AvgIpc) is 2.81. The van der Waals surface area contributed by atoms with Crippen molar-refractivity contribution in [2.75, 3.05) is 0 Å². The molecule has 1 N–H and O–H groups in total. The monoisotopic (exact) mass is 258 g/mol. The SMILES string of the molecule is Cc1cccc(C(O)Cc2ccn(C(C)C)n2)c1C. The Morgan fingerprint density at radius 3 is 2.58 bits per heavy atom. The number of aryl methyl sites for hydroxylation is 1. The second kappa shape index (κ2) is 5.57. The molecule has 3 heteroatoms. The molecular formula is C16H22N2O. The van der Waals surface area contributed by atoms with Crippen molar-refractivity contribution in [1.29, 1.82) is 0 Å². The summed E-state index contributed by atoms with van der Waals surface area (Å²) in [5, 5.41) is 14.9. The van der Waals surface area contributed by atoms with E-state index in [0.717, 1.165) is 11.3 Å². The maximum atomic E-state index is 10.4. The van der Waals surface area contributed by atoms with E-state index in [1.54, 1.807) is 0 Å². The molecule has 0 aliphatic carbocycles. The molecule has 1 aromatic heterocycles. The topological polar surface area (TPSA) is 38.0 Å². The van der Waals surface area contributed by atoms with Gasteiger partial charge in [0.2, 0.25) is 0 Å². The summed E-state index contributed by atoms with van der Waals surface area (Å²) < 4.78 is 1.92. The molecule has 0 radical (unpaired) electrons. The van der Waals surface area contributed by atoms with Gasteiger partial charge in [0.05, 0.1) is 11.8 Å². The number of nitrogens with zero attached hydrogens (tertiary/aromatic N) is 2. The van der Waals surface area contributed by atoms with Crippen LogP contribution in [0.2, 0.25) is 0 Å². The van der Waals surface area contributed by atoms with E-state index in [-0.39, 0.29) is 0 Å². The molecule has 2 aromatic rings. The van der Waals surface area contributed by atoms with Gasteiger partial charge in [0.1, 0.15) is 0 Å². The number of benzene rings is 1. The Bertz CT molecular complexity index is 558. The van der Waals surface area contributed by atoms with E-state index in [2.05, 4.69) is 38.9 Å². The van der Waals surface area contributed by atoms with Crippen LogP contribution in [0.1, 0.15) is 48.4 Å². The molecule has 0 spiro atoms. The van der Waals surface area contributed by atoms with Crippen LogP contribution >= 0.6 is 0 Å². The Hall–Kier alpha value is -1.61. The fourth-order valence-electron chi connectivity index (χ4n) is 2.22. The normalized spacial score (nSPS) is 12.9. The largest absolute Gasteiger partial charge is 0.388 e. The predicted molar refractivity (Wildman–Crippen MR) is 77.2 cm³/mol. The summed E-state index contributed by atoms with van der Waals surface area (Å²) in [7, 11) is 0. The van der Waals surface area contributed by atoms with E-state index >= 15 is 0 Å². The predicted octanol–water partition coefficient (Wildman–Crippen LogP) is 3.36. The second-order valence-corrected chi connectivity index (χ2v) is 5.39. The molecule has 102 valence electrons. The van der Waals surface area contributed by atoms with Gasteiger partial charge in [-0.15, -0.1) is 0 Å². The molecule has 1 atom stereocenters. The zero-order chi connectivity index (χ0) is 14.0. The van der Waals surface area contributed by atoms with E-state index in [1.165, 1.54) is 11.1 Å². The number of aliphatic hydroxyl groups excluding tert-OH is 1. The van der Waals surface area contributed by atoms with Crippen LogP contribution < -0.4 is 0 Å². The molecule has 0 aliphatic heterocycles. The van der Waals surface area contributed by atoms with E-state index in [4.69, 9.17) is 0 Å². The van der Waals surface area contributed by atoms with Crippen molar-refractivity contribution in [3.8, 4) is 0 Å².